The van der Waals surface area contributed by atoms with Gasteiger partial charge in [-0.25, -0.2) is 9.59 Å². The summed E-state index contributed by atoms with van der Waals surface area (Å²) in [5.74, 6) is -3.64. The highest BCUT2D eigenvalue weighted by atomic mass is 16.8. The molecule has 0 fully saturated rings. The predicted octanol–water partition coefficient (Wildman–Crippen LogP) is -8.05. The Morgan fingerprint density at radius 1 is 0.352 bits per heavy atom. The first-order valence-electron chi connectivity index (χ1n) is 33.7. The number of rotatable bonds is 69. The molecule has 19 N–H and O–H groups in total. The van der Waals surface area contributed by atoms with E-state index in [0.29, 0.717) is 45.4 Å². The number of hydrogen-bond donors (Lipinski definition) is 18. The van der Waals surface area contributed by atoms with Crippen LogP contribution in [-0.2, 0) is 105 Å². The minimum absolute atomic E-state index is 0.0115. The molecule has 0 aliphatic heterocycles. The van der Waals surface area contributed by atoms with Crippen LogP contribution in [0.3, 0.4) is 0 Å². The average molecular weight is 1540 g/mol. The molecule has 44 heteroatoms. The predicted molar refractivity (Wildman–Crippen MR) is 353 cm³/mol. The second kappa shape index (κ2) is 67.7. The first-order chi connectivity index (χ1) is 50.5. The smallest absolute Gasteiger partial charge is 0.407 e. The summed E-state index contributed by atoms with van der Waals surface area (Å²) in [7, 11) is 4.25. The molecule has 0 heterocycles. The number of aliphatic carboxylic acids is 2. The van der Waals surface area contributed by atoms with Gasteiger partial charge in [-0.3, -0.25) is 28.8 Å². The maximum Gasteiger partial charge on any atom is 0.407 e. The number of carbonyl (C=O) groups is 8. The van der Waals surface area contributed by atoms with Crippen LogP contribution in [0.5, 0.6) is 0 Å². The maximum atomic E-state index is 12.8. The third-order valence-electron chi connectivity index (χ3n) is 13.6. The first kappa shape index (κ1) is 101. The summed E-state index contributed by atoms with van der Waals surface area (Å²) in [6.07, 6.45) is -15.5. The van der Waals surface area contributed by atoms with Crippen LogP contribution in [0, 0.1) is 0 Å². The summed E-state index contributed by atoms with van der Waals surface area (Å²) in [4.78, 5) is 96.6. The molecule has 10 unspecified atom stereocenters. The van der Waals surface area contributed by atoms with Gasteiger partial charge in [0.15, 0.2) is 37.7 Å². The SMILES string of the molecule is CNCCCN(CCOC(CO)OC(CO)COC(CO)OC(COC(=O)NCCC(=O)OC)COC(CO)OC(CO)CO)C(=O)CCCC(=O)OC.NCCCN(CCOC(CO)OC(CO)COC(CO)OC(COC(=O)NCCC(=O)O)COC(CO)OC(CO)CO)C(=O)CCCC(=O)O. The Hall–Kier alpha value is -5.68. The van der Waals surface area contributed by atoms with Crippen molar-refractivity contribution in [3.63, 3.8) is 0 Å². The van der Waals surface area contributed by atoms with Crippen LogP contribution < -0.4 is 21.7 Å². The van der Waals surface area contributed by atoms with Crippen LogP contribution >= 0.6 is 0 Å². The number of amides is 4. The number of nitrogens with zero attached hydrogens (tertiary/aromatic N) is 2. The summed E-state index contributed by atoms with van der Waals surface area (Å²) in [6.45, 7) is -9.01. The van der Waals surface area contributed by atoms with Gasteiger partial charge in [0.2, 0.25) is 11.8 Å². The normalized spacial score (nSPS) is 14.3. The van der Waals surface area contributed by atoms with Gasteiger partial charge in [0, 0.05) is 65.0 Å². The van der Waals surface area contributed by atoms with Crippen molar-refractivity contribution >= 4 is 47.9 Å². The molecule has 0 aliphatic carbocycles. The van der Waals surface area contributed by atoms with Gasteiger partial charge in [0.1, 0.15) is 49.8 Å². The molecule has 4 amide bonds. The quantitative estimate of drug-likeness (QED) is 0.0116. The van der Waals surface area contributed by atoms with Crippen molar-refractivity contribution in [2.45, 2.75) is 139 Å². The van der Waals surface area contributed by atoms with E-state index >= 15 is 0 Å². The van der Waals surface area contributed by atoms with Crippen LogP contribution in [0.15, 0.2) is 0 Å². The van der Waals surface area contributed by atoms with Crippen molar-refractivity contribution in [1.82, 2.24) is 25.8 Å². The number of carbonyl (C=O) groups excluding carboxylic acids is 6. The average Bonchev–Trinajstić information content (AvgIpc) is 0.949. The fraction of sp³-hybridized carbons (Fsp3) is 0.869. The highest BCUT2D eigenvalue weighted by Crippen LogP contribution is 2.14. The van der Waals surface area contributed by atoms with E-state index in [1.165, 1.54) is 19.1 Å². The summed E-state index contributed by atoms with van der Waals surface area (Å²) >= 11 is 0. The lowest BCUT2D eigenvalue weighted by Crippen LogP contribution is -2.41. The molecular formula is C61H116N6O38. The molecule has 0 radical (unpaired) electrons. The zero-order valence-electron chi connectivity index (χ0n) is 59.8. The van der Waals surface area contributed by atoms with Crippen molar-refractivity contribution in [3.05, 3.63) is 0 Å². The molecule has 0 aromatic rings. The molecule has 105 heavy (non-hydrogen) atoms. The summed E-state index contributed by atoms with van der Waals surface area (Å²) in [5, 5.41) is 140. The van der Waals surface area contributed by atoms with E-state index in [4.69, 9.17) is 82.3 Å². The van der Waals surface area contributed by atoms with E-state index in [0.717, 1.165) is 0 Å². The lowest BCUT2D eigenvalue weighted by atomic mass is 10.2. The fourth-order valence-corrected chi connectivity index (χ4v) is 8.08. The highest BCUT2D eigenvalue weighted by Gasteiger charge is 2.29. The third kappa shape index (κ3) is 54.5. The van der Waals surface area contributed by atoms with E-state index in [1.807, 2.05) is 0 Å². The second-order valence-electron chi connectivity index (χ2n) is 21.9. The van der Waals surface area contributed by atoms with Crippen molar-refractivity contribution in [3.8, 4) is 0 Å². The minimum atomic E-state index is -1.44. The molecule has 0 saturated carbocycles. The lowest BCUT2D eigenvalue weighted by Gasteiger charge is -2.28. The van der Waals surface area contributed by atoms with Gasteiger partial charge in [-0.1, -0.05) is 0 Å². The lowest BCUT2D eigenvalue weighted by molar-refractivity contribution is -0.254. The van der Waals surface area contributed by atoms with Gasteiger partial charge in [-0.05, 0) is 45.8 Å². The topological polar surface area (TPSA) is 636 Å². The molecule has 10 atom stereocenters. The van der Waals surface area contributed by atoms with Crippen LogP contribution in [0.25, 0.3) is 0 Å². The monoisotopic (exact) mass is 1540 g/mol. The Morgan fingerprint density at radius 3 is 1.02 bits per heavy atom. The van der Waals surface area contributed by atoms with Crippen molar-refractivity contribution in [2.75, 3.05) is 206 Å². The summed E-state index contributed by atoms with van der Waals surface area (Å²) in [6, 6.07) is 0. The van der Waals surface area contributed by atoms with Gasteiger partial charge in [0.25, 0.3) is 0 Å². The highest BCUT2D eigenvalue weighted by molar-refractivity contribution is 5.78. The number of ether oxygens (including phenoxy) is 16. The fourth-order valence-electron chi connectivity index (χ4n) is 8.08. The Morgan fingerprint density at radius 2 is 0.676 bits per heavy atom. The van der Waals surface area contributed by atoms with Crippen molar-refractivity contribution in [2.24, 2.45) is 5.73 Å². The Bertz CT molecular complexity index is 2200. The number of nitrogens with one attached hydrogen (secondary N) is 3. The van der Waals surface area contributed by atoms with Crippen LogP contribution in [-0.4, -0.2) is 409 Å². The Balaban J connectivity index is 0. The van der Waals surface area contributed by atoms with E-state index in [-0.39, 0.29) is 96.2 Å². The Labute approximate surface area is 607 Å². The summed E-state index contributed by atoms with van der Waals surface area (Å²) in [5.41, 5.74) is 5.55. The number of aliphatic hydroxyl groups excluding tert-OH is 12. The molecule has 0 saturated heterocycles. The zero-order chi connectivity index (χ0) is 79.0. The van der Waals surface area contributed by atoms with Crippen LogP contribution in [0.4, 0.5) is 9.59 Å². The van der Waals surface area contributed by atoms with E-state index in [9.17, 15) is 99.6 Å². The van der Waals surface area contributed by atoms with Crippen molar-refractivity contribution in [1.29, 1.82) is 0 Å². The molecule has 0 spiro atoms. The molecule has 0 rings (SSSR count). The summed E-state index contributed by atoms with van der Waals surface area (Å²) < 4.78 is 85.2. The number of methoxy groups -OCH3 is 2. The number of aliphatic hydroxyl groups is 12. The zero-order valence-corrected chi connectivity index (χ0v) is 59.8. The van der Waals surface area contributed by atoms with E-state index in [1.54, 1.807) is 11.9 Å². The molecule has 0 aliphatic rings. The standard InChI is InChI=1S/C32H61N3O19.C29H55N3O19/c1-33-9-5-11-35(26(42)6-4-7-27(43)46-2)12-13-48-29(17-39)53-24(16-38)20-49-31(19-41)54-25(21-50-30(18-40)52-23(14-36)15-37)22-51-32(45)34-10-8-28(44)47-3;30-6-2-8-32(23(39)3-1-4-24(40)41)9-10-45-26(14-36)50-21(13-35)17-46-28(16-38)51-22(19-48-29(44)31-7-5-25(42)43)18-47-27(15-37)49-20(11-33)12-34/h23-25,29-31,33,36-41H,4-22H2,1-3H3,(H,34,45);20-22,26-28,33-38H,1-19,30H2,(H,31,44)(H,40,41)(H,42,43). The maximum absolute atomic E-state index is 12.8. The first-order valence-corrected chi connectivity index (χ1v) is 33.7. The largest absolute Gasteiger partial charge is 0.481 e. The van der Waals surface area contributed by atoms with E-state index in [2.05, 4.69) is 25.4 Å². The third-order valence-corrected chi connectivity index (χ3v) is 13.6. The molecule has 0 aromatic heterocycles. The number of carboxylic acids is 2. The van der Waals surface area contributed by atoms with Crippen LogP contribution in [0.1, 0.15) is 64.2 Å². The number of esters is 2. The number of carboxylic acid groups (broad SMARTS) is 2. The molecule has 0 aromatic carbocycles. The van der Waals surface area contributed by atoms with E-state index < -0.39 is 229 Å². The van der Waals surface area contributed by atoms with Gasteiger partial charge >= 0.3 is 36.1 Å². The van der Waals surface area contributed by atoms with Gasteiger partial charge in [-0.15, -0.1) is 0 Å². The van der Waals surface area contributed by atoms with Gasteiger partial charge < -0.3 is 179 Å². The molecular weight excluding hydrogens is 1420 g/mol. The number of nitrogens with two attached hydrogens (primary N) is 1. The van der Waals surface area contributed by atoms with Gasteiger partial charge in [0.05, 0.1) is 146 Å². The number of hydrogen-bond acceptors (Lipinski definition) is 38. The number of alkyl carbamates (subject to hydrolysis) is 2. The molecule has 0 bridgehead atoms. The van der Waals surface area contributed by atoms with Crippen LogP contribution in [0.2, 0.25) is 0 Å². The second-order valence-corrected chi connectivity index (χ2v) is 21.9. The minimum Gasteiger partial charge on any atom is -0.481 e. The molecule has 44 nitrogen and oxygen atoms in total. The van der Waals surface area contributed by atoms with Gasteiger partial charge in [-0.2, -0.15) is 0 Å². The molecule has 618 valence electrons. The van der Waals surface area contributed by atoms with Crippen molar-refractivity contribution < 1.29 is 186 Å². The Kier molecular flexibility index (Phi) is 65.3.